The number of likely N-dealkylation sites (tertiary alicyclic amines) is 1. The molecule has 1 saturated heterocycles. The highest BCUT2D eigenvalue weighted by atomic mass is 16.5. The van der Waals surface area contributed by atoms with E-state index in [1.807, 2.05) is 32.6 Å². The first-order valence-electron chi connectivity index (χ1n) is 7.40. The number of ether oxygens (including phenoxy) is 1. The van der Waals surface area contributed by atoms with Crippen molar-refractivity contribution in [2.45, 2.75) is 65.5 Å². The zero-order valence-electron chi connectivity index (χ0n) is 13.2. The molecule has 1 aliphatic heterocycles. The molecule has 1 heterocycles. The van der Waals surface area contributed by atoms with E-state index in [0.29, 0.717) is 6.54 Å². The van der Waals surface area contributed by atoms with Crippen LogP contribution in [0.1, 0.15) is 53.9 Å². The van der Waals surface area contributed by atoms with Gasteiger partial charge in [0.2, 0.25) is 5.91 Å². The highest BCUT2D eigenvalue weighted by Gasteiger charge is 2.43. The van der Waals surface area contributed by atoms with Crippen LogP contribution >= 0.6 is 0 Å². The van der Waals surface area contributed by atoms with Gasteiger partial charge in [0.1, 0.15) is 0 Å². The van der Waals surface area contributed by atoms with Gasteiger partial charge >= 0.3 is 0 Å². The Labute approximate surface area is 117 Å². The third-order valence-corrected chi connectivity index (χ3v) is 4.37. The van der Waals surface area contributed by atoms with E-state index in [4.69, 9.17) is 10.5 Å². The third kappa shape index (κ3) is 3.93. The second-order valence-electron chi connectivity index (χ2n) is 6.73. The van der Waals surface area contributed by atoms with Crippen molar-refractivity contribution in [3.05, 3.63) is 0 Å². The molecule has 4 heteroatoms. The van der Waals surface area contributed by atoms with Crippen molar-refractivity contribution in [1.82, 2.24) is 4.90 Å². The summed E-state index contributed by atoms with van der Waals surface area (Å²) < 4.78 is 5.79. The molecule has 1 aliphatic rings. The number of amides is 1. The molecule has 0 spiro atoms. The average molecular weight is 270 g/mol. The SMILES string of the molecule is CCCOC1CCCN(C(=O)C(C)(C)C(C)(C)N)C1. The van der Waals surface area contributed by atoms with Gasteiger partial charge in [-0.25, -0.2) is 0 Å². The molecule has 2 N–H and O–H groups in total. The number of hydrogen-bond donors (Lipinski definition) is 1. The fourth-order valence-electron chi connectivity index (χ4n) is 2.21. The Morgan fingerprint density at radius 2 is 2.00 bits per heavy atom. The van der Waals surface area contributed by atoms with Crippen molar-refractivity contribution in [2.75, 3.05) is 19.7 Å². The van der Waals surface area contributed by atoms with Gasteiger partial charge in [0, 0.05) is 25.2 Å². The van der Waals surface area contributed by atoms with Crippen LogP contribution < -0.4 is 5.73 Å². The molecule has 0 aliphatic carbocycles. The molecule has 112 valence electrons. The lowest BCUT2D eigenvalue weighted by Crippen LogP contribution is -2.58. The maximum Gasteiger partial charge on any atom is 0.230 e. The maximum absolute atomic E-state index is 12.7. The number of nitrogens with zero attached hydrogens (tertiary/aromatic N) is 1. The van der Waals surface area contributed by atoms with Gasteiger partial charge in [-0.2, -0.15) is 0 Å². The Morgan fingerprint density at radius 3 is 2.53 bits per heavy atom. The second-order valence-corrected chi connectivity index (χ2v) is 6.73. The van der Waals surface area contributed by atoms with E-state index in [0.717, 1.165) is 32.4 Å². The highest BCUT2D eigenvalue weighted by molar-refractivity contribution is 5.83. The van der Waals surface area contributed by atoms with Gasteiger partial charge in [0.05, 0.1) is 11.5 Å². The number of carbonyl (C=O) groups excluding carboxylic acids is 1. The van der Waals surface area contributed by atoms with Crippen LogP contribution in [0.2, 0.25) is 0 Å². The Kier molecular flexibility index (Phi) is 5.39. The number of nitrogens with two attached hydrogens (primary N) is 1. The fraction of sp³-hybridized carbons (Fsp3) is 0.933. The molecule has 1 amide bonds. The molecule has 1 atom stereocenters. The van der Waals surface area contributed by atoms with Crippen LogP contribution in [-0.4, -0.2) is 42.1 Å². The van der Waals surface area contributed by atoms with Crippen LogP contribution in [0.4, 0.5) is 0 Å². The molecule has 4 nitrogen and oxygen atoms in total. The van der Waals surface area contributed by atoms with Gasteiger partial charge in [0.15, 0.2) is 0 Å². The zero-order chi connectivity index (χ0) is 14.7. The number of hydrogen-bond acceptors (Lipinski definition) is 3. The van der Waals surface area contributed by atoms with Crippen molar-refractivity contribution in [3.63, 3.8) is 0 Å². The highest BCUT2D eigenvalue weighted by Crippen LogP contribution is 2.31. The Bertz CT molecular complexity index is 308. The average Bonchev–Trinajstić information content (AvgIpc) is 2.34. The lowest BCUT2D eigenvalue weighted by molar-refractivity contribution is -0.147. The molecule has 0 aromatic heterocycles. The monoisotopic (exact) mass is 270 g/mol. The van der Waals surface area contributed by atoms with Crippen molar-refractivity contribution in [2.24, 2.45) is 11.1 Å². The Hall–Kier alpha value is -0.610. The summed E-state index contributed by atoms with van der Waals surface area (Å²) in [4.78, 5) is 14.6. The maximum atomic E-state index is 12.7. The van der Waals surface area contributed by atoms with Crippen LogP contribution in [0.15, 0.2) is 0 Å². The van der Waals surface area contributed by atoms with Crippen molar-refractivity contribution in [3.8, 4) is 0 Å². The summed E-state index contributed by atoms with van der Waals surface area (Å²) in [6.07, 6.45) is 3.28. The van der Waals surface area contributed by atoms with Crippen molar-refractivity contribution < 1.29 is 9.53 Å². The standard InChI is InChI=1S/C15H30N2O2/c1-6-10-19-12-8-7-9-17(11-12)13(18)14(2,3)15(4,5)16/h12H,6-11,16H2,1-5H3. The van der Waals surface area contributed by atoms with E-state index in [-0.39, 0.29) is 12.0 Å². The number of rotatable bonds is 5. The zero-order valence-corrected chi connectivity index (χ0v) is 13.2. The minimum Gasteiger partial charge on any atom is -0.376 e. The number of piperidine rings is 1. The molecule has 1 fully saturated rings. The summed E-state index contributed by atoms with van der Waals surface area (Å²) in [5.74, 6) is 0.143. The summed E-state index contributed by atoms with van der Waals surface area (Å²) >= 11 is 0. The summed E-state index contributed by atoms with van der Waals surface area (Å²) in [5.41, 5.74) is 5.07. The largest absolute Gasteiger partial charge is 0.376 e. The van der Waals surface area contributed by atoms with Crippen LogP contribution in [0.25, 0.3) is 0 Å². The van der Waals surface area contributed by atoms with Crippen LogP contribution in [0.3, 0.4) is 0 Å². The molecule has 1 unspecified atom stereocenters. The summed E-state index contributed by atoms with van der Waals surface area (Å²) in [6.45, 7) is 12.1. The predicted octanol–water partition coefficient (Wildman–Crippen LogP) is 2.17. The Morgan fingerprint density at radius 1 is 1.37 bits per heavy atom. The van der Waals surface area contributed by atoms with Gasteiger partial charge < -0.3 is 15.4 Å². The lowest BCUT2D eigenvalue weighted by Gasteiger charge is -2.43. The fourth-order valence-corrected chi connectivity index (χ4v) is 2.21. The van der Waals surface area contributed by atoms with Crippen molar-refractivity contribution >= 4 is 5.91 Å². The normalized spacial score (nSPS) is 21.6. The van der Waals surface area contributed by atoms with E-state index in [1.54, 1.807) is 0 Å². The molecule has 0 saturated carbocycles. The van der Waals surface area contributed by atoms with Crippen LogP contribution in [0, 0.1) is 5.41 Å². The summed E-state index contributed by atoms with van der Waals surface area (Å²) in [6, 6.07) is 0. The van der Waals surface area contributed by atoms with Crippen molar-refractivity contribution in [1.29, 1.82) is 0 Å². The molecule has 1 rings (SSSR count). The topological polar surface area (TPSA) is 55.6 Å². The van der Waals surface area contributed by atoms with E-state index in [1.165, 1.54) is 0 Å². The third-order valence-electron chi connectivity index (χ3n) is 4.37. The number of carbonyl (C=O) groups is 1. The van der Waals surface area contributed by atoms with E-state index < -0.39 is 11.0 Å². The lowest BCUT2D eigenvalue weighted by atomic mass is 9.74. The molecule has 0 radical (unpaired) electrons. The van der Waals surface area contributed by atoms with E-state index >= 15 is 0 Å². The van der Waals surface area contributed by atoms with Crippen LogP contribution in [-0.2, 0) is 9.53 Å². The summed E-state index contributed by atoms with van der Waals surface area (Å²) in [7, 11) is 0. The molecule has 0 bridgehead atoms. The van der Waals surface area contributed by atoms with Gasteiger partial charge in [-0.15, -0.1) is 0 Å². The second kappa shape index (κ2) is 6.23. The van der Waals surface area contributed by atoms with E-state index in [2.05, 4.69) is 6.92 Å². The first-order chi connectivity index (χ1) is 8.70. The molecular weight excluding hydrogens is 240 g/mol. The van der Waals surface area contributed by atoms with Gasteiger partial charge in [0.25, 0.3) is 0 Å². The minimum atomic E-state index is -0.556. The Balaban J connectivity index is 2.67. The molecule has 0 aromatic carbocycles. The molecule has 19 heavy (non-hydrogen) atoms. The predicted molar refractivity (Wildman–Crippen MR) is 77.9 cm³/mol. The minimum absolute atomic E-state index is 0.143. The smallest absolute Gasteiger partial charge is 0.230 e. The quantitative estimate of drug-likeness (QED) is 0.833. The molecular formula is C15H30N2O2. The van der Waals surface area contributed by atoms with Crippen LogP contribution in [0.5, 0.6) is 0 Å². The molecule has 0 aromatic rings. The van der Waals surface area contributed by atoms with E-state index in [9.17, 15) is 4.79 Å². The summed E-state index contributed by atoms with van der Waals surface area (Å²) in [5, 5.41) is 0. The van der Waals surface area contributed by atoms with Gasteiger partial charge in [-0.1, -0.05) is 6.92 Å². The van der Waals surface area contributed by atoms with Gasteiger partial charge in [-0.05, 0) is 47.0 Å². The first-order valence-corrected chi connectivity index (χ1v) is 7.40. The van der Waals surface area contributed by atoms with Gasteiger partial charge in [-0.3, -0.25) is 4.79 Å². The first kappa shape index (κ1) is 16.4.